The molecule has 62 valence electrons. The lowest BCUT2D eigenvalue weighted by molar-refractivity contribution is 0.136. The summed E-state index contributed by atoms with van der Waals surface area (Å²) in [5.41, 5.74) is 0. The number of aromatic nitrogens is 4. The molecule has 1 aromatic heterocycles. The number of hydrogen-bond acceptors (Lipinski definition) is 4. The first-order valence-electron chi connectivity index (χ1n) is 3.73. The predicted molar refractivity (Wildman–Crippen MR) is 39.0 cm³/mol. The molecule has 1 rings (SSSR count). The van der Waals surface area contributed by atoms with E-state index in [1.54, 1.807) is 0 Å². The molecule has 5 nitrogen and oxygen atoms in total. The van der Waals surface area contributed by atoms with E-state index in [0.29, 0.717) is 12.4 Å². The highest BCUT2D eigenvalue weighted by atomic mass is 16.5. The van der Waals surface area contributed by atoms with Gasteiger partial charge < -0.3 is 4.74 Å². The van der Waals surface area contributed by atoms with Gasteiger partial charge in [-0.25, -0.2) is 0 Å². The van der Waals surface area contributed by atoms with E-state index in [9.17, 15) is 0 Å². The number of nitrogens with zero attached hydrogens (tertiary/aromatic N) is 3. The number of H-pyrrole nitrogens is 1. The maximum Gasteiger partial charge on any atom is 0.176 e. The molecular weight excluding hydrogens is 144 g/mol. The van der Waals surface area contributed by atoms with E-state index in [1.807, 2.05) is 0 Å². The van der Waals surface area contributed by atoms with E-state index in [2.05, 4.69) is 27.5 Å². The molecule has 1 aromatic rings. The van der Waals surface area contributed by atoms with Crippen molar-refractivity contribution in [3.05, 3.63) is 5.82 Å². The van der Waals surface area contributed by atoms with E-state index in [4.69, 9.17) is 4.74 Å². The average Bonchev–Trinajstić information content (AvgIpc) is 2.50. The third-order valence-corrected chi connectivity index (χ3v) is 1.21. The molecule has 0 spiro atoms. The Bertz CT molecular complexity index is 175. The second kappa shape index (κ2) is 4.79. The number of ether oxygens (including phenoxy) is 1. The summed E-state index contributed by atoms with van der Waals surface area (Å²) in [5, 5.41) is 13.4. The smallest absolute Gasteiger partial charge is 0.176 e. The molecule has 0 aliphatic heterocycles. The summed E-state index contributed by atoms with van der Waals surface area (Å²) in [7, 11) is 0. The molecule has 0 saturated carbocycles. The molecular formula is C6H12N4O. The summed E-state index contributed by atoms with van der Waals surface area (Å²) in [6, 6.07) is 0. The maximum absolute atomic E-state index is 5.23. The van der Waals surface area contributed by atoms with Crippen LogP contribution in [0.3, 0.4) is 0 Å². The topological polar surface area (TPSA) is 63.7 Å². The average molecular weight is 156 g/mol. The van der Waals surface area contributed by atoms with Crippen LogP contribution in [-0.4, -0.2) is 33.8 Å². The van der Waals surface area contributed by atoms with Crippen LogP contribution in [0.1, 0.15) is 19.2 Å². The fourth-order valence-electron chi connectivity index (χ4n) is 0.698. The van der Waals surface area contributed by atoms with Gasteiger partial charge in [-0.1, -0.05) is 12.1 Å². The third-order valence-electron chi connectivity index (χ3n) is 1.21. The van der Waals surface area contributed by atoms with Crippen molar-refractivity contribution in [2.24, 2.45) is 0 Å². The lowest BCUT2D eigenvalue weighted by Crippen LogP contribution is -2.00. The fourth-order valence-corrected chi connectivity index (χ4v) is 0.698. The second-order valence-corrected chi connectivity index (χ2v) is 2.19. The molecule has 0 atom stereocenters. The predicted octanol–water partition coefficient (Wildman–Crippen LogP) is 0.169. The van der Waals surface area contributed by atoms with Crippen LogP contribution in [0.5, 0.6) is 0 Å². The van der Waals surface area contributed by atoms with Gasteiger partial charge in [0, 0.05) is 13.0 Å². The number of hydrogen-bond donors (Lipinski definition) is 1. The SMILES string of the molecule is CCCOCCc1nn[nH]n1. The van der Waals surface area contributed by atoms with Gasteiger partial charge in [-0.2, -0.15) is 5.21 Å². The number of rotatable bonds is 5. The van der Waals surface area contributed by atoms with Crippen molar-refractivity contribution in [3.8, 4) is 0 Å². The van der Waals surface area contributed by atoms with Gasteiger partial charge in [0.25, 0.3) is 0 Å². The zero-order valence-corrected chi connectivity index (χ0v) is 6.58. The van der Waals surface area contributed by atoms with E-state index in [0.717, 1.165) is 19.4 Å². The first-order valence-corrected chi connectivity index (χ1v) is 3.73. The Balaban J connectivity index is 2.04. The zero-order chi connectivity index (χ0) is 7.94. The summed E-state index contributed by atoms with van der Waals surface area (Å²) < 4.78 is 5.23. The first kappa shape index (κ1) is 8.13. The largest absolute Gasteiger partial charge is 0.381 e. The van der Waals surface area contributed by atoms with Crippen LogP contribution in [0, 0.1) is 0 Å². The molecule has 0 fully saturated rings. The van der Waals surface area contributed by atoms with E-state index < -0.39 is 0 Å². The molecule has 0 amide bonds. The molecule has 0 bridgehead atoms. The Morgan fingerprint density at radius 3 is 3.00 bits per heavy atom. The van der Waals surface area contributed by atoms with Gasteiger partial charge in [0.15, 0.2) is 5.82 Å². The van der Waals surface area contributed by atoms with Crippen LogP contribution in [-0.2, 0) is 11.2 Å². The molecule has 1 N–H and O–H groups in total. The van der Waals surface area contributed by atoms with Crippen LogP contribution in [0.2, 0.25) is 0 Å². The molecule has 0 unspecified atom stereocenters. The minimum absolute atomic E-state index is 0.674. The highest BCUT2D eigenvalue weighted by Gasteiger charge is 1.95. The number of tetrazole rings is 1. The Morgan fingerprint density at radius 2 is 2.36 bits per heavy atom. The summed E-state index contributed by atoms with van der Waals surface area (Å²) in [4.78, 5) is 0. The van der Waals surface area contributed by atoms with Crippen LogP contribution in [0.4, 0.5) is 0 Å². The van der Waals surface area contributed by atoms with E-state index in [1.165, 1.54) is 0 Å². The molecule has 0 aromatic carbocycles. The number of nitrogens with one attached hydrogen (secondary N) is 1. The summed E-state index contributed by atoms with van der Waals surface area (Å²) in [6.07, 6.45) is 1.78. The maximum atomic E-state index is 5.23. The lowest BCUT2D eigenvalue weighted by Gasteiger charge is -1.97. The molecule has 0 saturated heterocycles. The minimum atomic E-state index is 0.674. The van der Waals surface area contributed by atoms with Gasteiger partial charge in [0.2, 0.25) is 0 Å². The van der Waals surface area contributed by atoms with Gasteiger partial charge >= 0.3 is 0 Å². The van der Waals surface area contributed by atoms with Crippen molar-refractivity contribution in [2.75, 3.05) is 13.2 Å². The second-order valence-electron chi connectivity index (χ2n) is 2.19. The lowest BCUT2D eigenvalue weighted by atomic mass is 10.4. The molecule has 0 radical (unpaired) electrons. The monoisotopic (exact) mass is 156 g/mol. The van der Waals surface area contributed by atoms with Crippen molar-refractivity contribution in [2.45, 2.75) is 19.8 Å². The standard InChI is InChI=1S/C6H12N4O/c1-2-4-11-5-3-6-7-9-10-8-6/h2-5H2,1H3,(H,7,8,9,10). The van der Waals surface area contributed by atoms with E-state index in [-0.39, 0.29) is 0 Å². The molecule has 0 aliphatic carbocycles. The Labute approximate surface area is 65.1 Å². The van der Waals surface area contributed by atoms with Crippen molar-refractivity contribution < 1.29 is 4.74 Å². The molecule has 11 heavy (non-hydrogen) atoms. The van der Waals surface area contributed by atoms with Crippen LogP contribution < -0.4 is 0 Å². The molecule has 1 heterocycles. The van der Waals surface area contributed by atoms with Gasteiger partial charge in [-0.05, 0) is 6.42 Å². The summed E-state index contributed by atoms with van der Waals surface area (Å²) in [6.45, 7) is 3.56. The van der Waals surface area contributed by atoms with Crippen molar-refractivity contribution in [3.63, 3.8) is 0 Å². The van der Waals surface area contributed by atoms with E-state index >= 15 is 0 Å². The van der Waals surface area contributed by atoms with Crippen molar-refractivity contribution in [1.82, 2.24) is 20.6 Å². The quantitative estimate of drug-likeness (QED) is 0.617. The van der Waals surface area contributed by atoms with Gasteiger partial charge in [-0.15, -0.1) is 10.2 Å². The first-order chi connectivity index (χ1) is 5.43. The summed E-state index contributed by atoms with van der Waals surface area (Å²) >= 11 is 0. The minimum Gasteiger partial charge on any atom is -0.381 e. The summed E-state index contributed by atoms with van der Waals surface area (Å²) in [5.74, 6) is 0.709. The normalized spacial score (nSPS) is 10.3. The third kappa shape index (κ3) is 3.08. The van der Waals surface area contributed by atoms with Crippen molar-refractivity contribution >= 4 is 0 Å². The van der Waals surface area contributed by atoms with Crippen molar-refractivity contribution in [1.29, 1.82) is 0 Å². The van der Waals surface area contributed by atoms with Crippen LogP contribution in [0.25, 0.3) is 0 Å². The van der Waals surface area contributed by atoms with Gasteiger partial charge in [0.05, 0.1) is 6.61 Å². The van der Waals surface area contributed by atoms with Crippen LogP contribution in [0.15, 0.2) is 0 Å². The molecule has 0 aliphatic rings. The Morgan fingerprint density at radius 1 is 1.45 bits per heavy atom. The van der Waals surface area contributed by atoms with Gasteiger partial charge in [-0.3, -0.25) is 0 Å². The van der Waals surface area contributed by atoms with Gasteiger partial charge in [0.1, 0.15) is 0 Å². The molecule has 5 heteroatoms. The van der Waals surface area contributed by atoms with Crippen LogP contribution >= 0.6 is 0 Å². The fraction of sp³-hybridized carbons (Fsp3) is 0.833. The Kier molecular flexibility index (Phi) is 3.54. The highest BCUT2D eigenvalue weighted by molar-refractivity contribution is 4.74. The Hall–Kier alpha value is -0.970. The zero-order valence-electron chi connectivity index (χ0n) is 6.58. The highest BCUT2D eigenvalue weighted by Crippen LogP contribution is 1.87. The number of aromatic amines is 1.